The first kappa shape index (κ1) is 18.3. The minimum atomic E-state index is -0.276. The van der Waals surface area contributed by atoms with E-state index in [-0.39, 0.29) is 24.3 Å². The standard InChI is InChI=1S/C23H19FN2OS/c24-18-12-10-17(11-13-18)23(21-9-4-14-28-21)25-15-22(27)26-20-8-3-6-16-5-1-2-7-19(16)20/h1-14,23,25H,15H2,(H,26,27). The molecule has 1 amide bonds. The summed E-state index contributed by atoms with van der Waals surface area (Å²) in [6.07, 6.45) is 0. The van der Waals surface area contributed by atoms with Gasteiger partial charge < -0.3 is 5.32 Å². The first-order chi connectivity index (χ1) is 13.7. The third kappa shape index (κ3) is 4.11. The van der Waals surface area contributed by atoms with Crippen molar-refractivity contribution in [2.45, 2.75) is 6.04 Å². The third-order valence-corrected chi connectivity index (χ3v) is 5.50. The van der Waals surface area contributed by atoms with Crippen LogP contribution in [0.5, 0.6) is 0 Å². The molecule has 3 aromatic carbocycles. The lowest BCUT2D eigenvalue weighted by Crippen LogP contribution is -2.31. The summed E-state index contributed by atoms with van der Waals surface area (Å²) in [5, 5.41) is 10.4. The smallest absolute Gasteiger partial charge is 0.238 e. The molecule has 0 spiro atoms. The zero-order valence-electron chi connectivity index (χ0n) is 15.1. The maximum Gasteiger partial charge on any atom is 0.238 e. The fraction of sp³-hybridized carbons (Fsp3) is 0.0870. The van der Waals surface area contributed by atoms with Gasteiger partial charge in [-0.25, -0.2) is 4.39 Å². The van der Waals surface area contributed by atoms with E-state index in [1.165, 1.54) is 12.1 Å². The summed E-state index contributed by atoms with van der Waals surface area (Å²) in [5.41, 5.74) is 1.71. The summed E-state index contributed by atoms with van der Waals surface area (Å²) in [4.78, 5) is 13.7. The molecular weight excluding hydrogens is 371 g/mol. The Hall–Kier alpha value is -3.02. The van der Waals surface area contributed by atoms with Crippen LogP contribution in [0.1, 0.15) is 16.5 Å². The van der Waals surface area contributed by atoms with Gasteiger partial charge in [-0.2, -0.15) is 0 Å². The van der Waals surface area contributed by atoms with Crippen LogP contribution in [0, 0.1) is 5.82 Å². The summed E-state index contributed by atoms with van der Waals surface area (Å²) >= 11 is 1.60. The number of rotatable bonds is 6. The van der Waals surface area contributed by atoms with Gasteiger partial charge in [-0.15, -0.1) is 11.3 Å². The number of thiophene rings is 1. The number of fused-ring (bicyclic) bond motifs is 1. The molecule has 0 aliphatic carbocycles. The number of hydrogen-bond donors (Lipinski definition) is 2. The quantitative estimate of drug-likeness (QED) is 0.465. The molecular formula is C23H19FN2OS. The summed E-state index contributed by atoms with van der Waals surface area (Å²) in [5.74, 6) is -0.401. The van der Waals surface area contributed by atoms with Crippen molar-refractivity contribution < 1.29 is 9.18 Å². The number of amides is 1. The van der Waals surface area contributed by atoms with E-state index in [1.807, 2.05) is 60.0 Å². The van der Waals surface area contributed by atoms with Crippen LogP contribution in [0.15, 0.2) is 84.2 Å². The second-order valence-corrected chi connectivity index (χ2v) is 7.44. The van der Waals surface area contributed by atoms with Gasteiger partial charge in [0, 0.05) is 16.0 Å². The van der Waals surface area contributed by atoms with Crippen molar-refractivity contribution in [2.75, 3.05) is 11.9 Å². The lowest BCUT2D eigenvalue weighted by Gasteiger charge is -2.18. The predicted octanol–water partition coefficient (Wildman–Crippen LogP) is 5.36. The van der Waals surface area contributed by atoms with Crippen molar-refractivity contribution in [1.82, 2.24) is 5.32 Å². The number of anilines is 1. The SMILES string of the molecule is O=C(CNC(c1ccc(F)cc1)c1cccs1)Nc1cccc2ccccc12. The fourth-order valence-corrected chi connectivity index (χ4v) is 4.04. The second kappa shape index (κ2) is 8.33. The van der Waals surface area contributed by atoms with Crippen LogP contribution in [-0.2, 0) is 4.79 Å². The third-order valence-electron chi connectivity index (χ3n) is 4.56. The Morgan fingerprint density at radius 2 is 1.71 bits per heavy atom. The summed E-state index contributed by atoms with van der Waals surface area (Å²) < 4.78 is 13.3. The number of nitrogens with one attached hydrogen (secondary N) is 2. The van der Waals surface area contributed by atoms with Crippen LogP contribution < -0.4 is 10.6 Å². The van der Waals surface area contributed by atoms with Crippen molar-refractivity contribution in [2.24, 2.45) is 0 Å². The van der Waals surface area contributed by atoms with Gasteiger partial charge >= 0.3 is 0 Å². The molecule has 5 heteroatoms. The highest BCUT2D eigenvalue weighted by molar-refractivity contribution is 7.10. The zero-order valence-corrected chi connectivity index (χ0v) is 15.9. The molecule has 0 aliphatic rings. The Balaban J connectivity index is 1.49. The highest BCUT2D eigenvalue weighted by atomic mass is 32.1. The van der Waals surface area contributed by atoms with Crippen LogP contribution in [0.25, 0.3) is 10.8 Å². The average Bonchev–Trinajstić information content (AvgIpc) is 3.24. The van der Waals surface area contributed by atoms with Crippen LogP contribution in [0.4, 0.5) is 10.1 Å². The molecule has 0 bridgehead atoms. The molecule has 0 fully saturated rings. The average molecular weight is 390 g/mol. The molecule has 140 valence electrons. The molecule has 3 nitrogen and oxygen atoms in total. The zero-order chi connectivity index (χ0) is 19.3. The molecule has 4 rings (SSSR count). The van der Waals surface area contributed by atoms with Crippen LogP contribution >= 0.6 is 11.3 Å². The first-order valence-electron chi connectivity index (χ1n) is 9.00. The summed E-state index contributed by atoms with van der Waals surface area (Å²) in [6, 6.07) is 24.0. The van der Waals surface area contributed by atoms with E-state index in [9.17, 15) is 9.18 Å². The van der Waals surface area contributed by atoms with Crippen molar-refractivity contribution in [3.05, 3.63) is 101 Å². The Morgan fingerprint density at radius 3 is 2.50 bits per heavy atom. The highest BCUT2D eigenvalue weighted by Gasteiger charge is 2.16. The van der Waals surface area contributed by atoms with Gasteiger partial charge in [0.25, 0.3) is 0 Å². The van der Waals surface area contributed by atoms with Crippen molar-refractivity contribution in [3.63, 3.8) is 0 Å². The first-order valence-corrected chi connectivity index (χ1v) is 9.88. The molecule has 1 aromatic heterocycles. The Labute approximate surface area is 166 Å². The van der Waals surface area contributed by atoms with E-state index in [0.29, 0.717) is 0 Å². The molecule has 4 aromatic rings. The maximum absolute atomic E-state index is 13.3. The lowest BCUT2D eigenvalue weighted by molar-refractivity contribution is -0.115. The number of benzene rings is 3. The Kier molecular flexibility index (Phi) is 5.46. The molecule has 1 heterocycles. The van der Waals surface area contributed by atoms with Gasteiger partial charge in [0.2, 0.25) is 5.91 Å². The van der Waals surface area contributed by atoms with Crippen LogP contribution in [-0.4, -0.2) is 12.5 Å². The van der Waals surface area contributed by atoms with E-state index in [1.54, 1.807) is 23.5 Å². The van der Waals surface area contributed by atoms with Crippen molar-refractivity contribution in [1.29, 1.82) is 0 Å². The van der Waals surface area contributed by atoms with Crippen molar-refractivity contribution in [3.8, 4) is 0 Å². The minimum Gasteiger partial charge on any atom is -0.324 e. The maximum atomic E-state index is 13.3. The molecule has 1 unspecified atom stereocenters. The van der Waals surface area contributed by atoms with E-state index < -0.39 is 0 Å². The van der Waals surface area contributed by atoms with E-state index in [2.05, 4.69) is 10.6 Å². The topological polar surface area (TPSA) is 41.1 Å². The van der Waals surface area contributed by atoms with Gasteiger partial charge in [0.05, 0.1) is 12.6 Å². The Bertz CT molecular complexity index is 1070. The molecule has 1 atom stereocenters. The van der Waals surface area contributed by atoms with Gasteiger partial charge in [0.1, 0.15) is 5.82 Å². The number of carbonyl (C=O) groups excluding carboxylic acids is 1. The molecule has 0 saturated heterocycles. The van der Waals surface area contributed by atoms with Crippen molar-refractivity contribution >= 4 is 33.7 Å². The highest BCUT2D eigenvalue weighted by Crippen LogP contribution is 2.26. The minimum absolute atomic E-state index is 0.125. The van der Waals surface area contributed by atoms with Gasteiger partial charge in [0.15, 0.2) is 0 Å². The van der Waals surface area contributed by atoms with Crippen LogP contribution in [0.3, 0.4) is 0 Å². The monoisotopic (exact) mass is 390 g/mol. The van der Waals surface area contributed by atoms with E-state index >= 15 is 0 Å². The second-order valence-electron chi connectivity index (χ2n) is 6.46. The largest absolute Gasteiger partial charge is 0.324 e. The molecule has 2 N–H and O–H groups in total. The number of hydrogen-bond acceptors (Lipinski definition) is 3. The van der Waals surface area contributed by atoms with E-state index in [0.717, 1.165) is 26.9 Å². The normalized spacial score (nSPS) is 12.0. The van der Waals surface area contributed by atoms with Crippen LogP contribution in [0.2, 0.25) is 0 Å². The molecule has 0 radical (unpaired) electrons. The lowest BCUT2D eigenvalue weighted by atomic mass is 10.1. The molecule has 28 heavy (non-hydrogen) atoms. The molecule has 0 aliphatic heterocycles. The van der Waals surface area contributed by atoms with Gasteiger partial charge in [-0.05, 0) is 40.6 Å². The Morgan fingerprint density at radius 1 is 0.929 bits per heavy atom. The summed E-state index contributed by atoms with van der Waals surface area (Å²) in [7, 11) is 0. The van der Waals surface area contributed by atoms with Gasteiger partial charge in [-0.1, -0.05) is 54.6 Å². The van der Waals surface area contributed by atoms with Gasteiger partial charge in [-0.3, -0.25) is 10.1 Å². The number of carbonyl (C=O) groups is 1. The van der Waals surface area contributed by atoms with E-state index in [4.69, 9.17) is 0 Å². The number of halogens is 1. The predicted molar refractivity (Wildman–Crippen MR) is 113 cm³/mol. The molecule has 0 saturated carbocycles. The fourth-order valence-electron chi connectivity index (χ4n) is 3.22. The summed E-state index contributed by atoms with van der Waals surface area (Å²) in [6.45, 7) is 0.142.